The lowest BCUT2D eigenvalue weighted by Gasteiger charge is -2.27. The monoisotopic (exact) mass is 491 g/mol. The molecule has 3 aromatic carbocycles. The van der Waals surface area contributed by atoms with E-state index in [0.29, 0.717) is 39.4 Å². The first kappa shape index (κ1) is 24.3. The minimum atomic E-state index is -0.600. The van der Waals surface area contributed by atoms with Crippen LogP contribution >= 0.6 is 11.8 Å². The van der Waals surface area contributed by atoms with Crippen molar-refractivity contribution in [3.8, 4) is 11.5 Å². The molecule has 0 saturated heterocycles. The van der Waals surface area contributed by atoms with E-state index in [2.05, 4.69) is 10.6 Å². The molecule has 0 radical (unpaired) electrons. The zero-order valence-corrected chi connectivity index (χ0v) is 20.5. The minimum absolute atomic E-state index is 0.254. The Balaban J connectivity index is 1.67. The van der Waals surface area contributed by atoms with E-state index in [9.17, 15) is 9.18 Å². The van der Waals surface area contributed by atoms with Crippen LogP contribution in [0.1, 0.15) is 24.1 Å². The van der Waals surface area contributed by atoms with Gasteiger partial charge in [0.2, 0.25) is 0 Å². The predicted octanol–water partition coefficient (Wildman–Crippen LogP) is 5.69. The number of thioether (sulfide) groups is 1. The number of methoxy groups -OCH3 is 2. The fourth-order valence-electron chi connectivity index (χ4n) is 3.74. The van der Waals surface area contributed by atoms with Crippen molar-refractivity contribution in [2.45, 2.75) is 18.7 Å². The molecule has 2 N–H and O–H groups in total. The molecule has 1 amide bonds. The SMILES string of the molecule is COc1ccc([C@H]2N=C(SCc3ccc(F)cc3)NC(C)=C2C(=O)Nc2ccccc2)c(OC)c1. The molecule has 0 aliphatic carbocycles. The number of rotatable bonds is 7. The Morgan fingerprint density at radius 3 is 2.49 bits per heavy atom. The highest BCUT2D eigenvalue weighted by Crippen LogP contribution is 2.39. The van der Waals surface area contributed by atoms with Crippen LogP contribution in [0.2, 0.25) is 0 Å². The zero-order chi connectivity index (χ0) is 24.8. The molecule has 0 spiro atoms. The number of aliphatic imine (C=N–C) groups is 1. The topological polar surface area (TPSA) is 72.0 Å². The first-order valence-corrected chi connectivity index (χ1v) is 12.0. The molecule has 0 unspecified atom stereocenters. The molecule has 8 heteroatoms. The summed E-state index contributed by atoms with van der Waals surface area (Å²) in [5, 5.41) is 6.89. The summed E-state index contributed by atoms with van der Waals surface area (Å²) in [6.07, 6.45) is 0. The molecule has 3 aromatic rings. The van der Waals surface area contributed by atoms with Gasteiger partial charge in [0.1, 0.15) is 23.4 Å². The summed E-state index contributed by atoms with van der Waals surface area (Å²) < 4.78 is 24.2. The number of amides is 1. The lowest BCUT2D eigenvalue weighted by molar-refractivity contribution is -0.113. The molecule has 35 heavy (non-hydrogen) atoms. The standard InChI is InChI=1S/C27H26FN3O3S/c1-17-24(26(32)30-20-7-5-4-6-8-20)25(22-14-13-21(33-2)15-23(22)34-3)31-27(29-17)35-16-18-9-11-19(28)12-10-18/h4-15,25H,16H2,1-3H3,(H,29,31)(H,30,32)/t25-/m1/s1. The quantitative estimate of drug-likeness (QED) is 0.444. The Morgan fingerprint density at radius 1 is 1.06 bits per heavy atom. The molecule has 6 nitrogen and oxygen atoms in total. The fourth-order valence-corrected chi connectivity index (χ4v) is 4.64. The third-order valence-corrected chi connectivity index (χ3v) is 6.48. The number of hydrogen-bond acceptors (Lipinski definition) is 6. The van der Waals surface area contributed by atoms with Crippen LogP contribution in [0.3, 0.4) is 0 Å². The van der Waals surface area contributed by atoms with Gasteiger partial charge >= 0.3 is 0 Å². The number of carbonyl (C=O) groups excluding carboxylic acids is 1. The second-order valence-electron chi connectivity index (χ2n) is 7.84. The average Bonchev–Trinajstić information content (AvgIpc) is 2.88. The van der Waals surface area contributed by atoms with Crippen LogP contribution in [-0.4, -0.2) is 25.3 Å². The number of amidine groups is 1. The van der Waals surface area contributed by atoms with E-state index >= 15 is 0 Å². The number of benzene rings is 3. The molecule has 0 bridgehead atoms. The molecule has 0 aromatic heterocycles. The maximum atomic E-state index is 13.4. The number of carbonyl (C=O) groups is 1. The van der Waals surface area contributed by atoms with Crippen molar-refractivity contribution in [1.29, 1.82) is 0 Å². The molecular weight excluding hydrogens is 465 g/mol. The van der Waals surface area contributed by atoms with E-state index in [1.807, 2.05) is 49.4 Å². The van der Waals surface area contributed by atoms with Crippen LogP contribution in [0.5, 0.6) is 11.5 Å². The van der Waals surface area contributed by atoms with Crippen LogP contribution in [0.15, 0.2) is 89.1 Å². The van der Waals surface area contributed by atoms with Crippen LogP contribution < -0.4 is 20.1 Å². The highest BCUT2D eigenvalue weighted by Gasteiger charge is 2.31. The molecule has 4 rings (SSSR count). The van der Waals surface area contributed by atoms with E-state index in [0.717, 1.165) is 11.1 Å². The summed E-state index contributed by atoms with van der Waals surface area (Å²) in [7, 11) is 3.16. The lowest BCUT2D eigenvalue weighted by Crippen LogP contribution is -2.32. The van der Waals surface area contributed by atoms with Crippen molar-refractivity contribution in [3.05, 3.63) is 101 Å². The number of anilines is 1. The smallest absolute Gasteiger partial charge is 0.255 e. The minimum Gasteiger partial charge on any atom is -0.497 e. The van der Waals surface area contributed by atoms with Gasteiger partial charge in [-0.3, -0.25) is 4.79 Å². The number of nitrogens with one attached hydrogen (secondary N) is 2. The fraction of sp³-hybridized carbons (Fsp3) is 0.185. The van der Waals surface area contributed by atoms with Crippen molar-refractivity contribution < 1.29 is 18.7 Å². The van der Waals surface area contributed by atoms with Gasteiger partial charge in [-0.2, -0.15) is 0 Å². The van der Waals surface area contributed by atoms with Gasteiger partial charge in [-0.15, -0.1) is 0 Å². The Hall–Kier alpha value is -3.78. The number of para-hydroxylation sites is 1. The highest BCUT2D eigenvalue weighted by molar-refractivity contribution is 8.13. The van der Waals surface area contributed by atoms with Crippen LogP contribution in [0.25, 0.3) is 0 Å². The second kappa shape index (κ2) is 11.1. The molecule has 180 valence electrons. The summed E-state index contributed by atoms with van der Waals surface area (Å²) >= 11 is 1.48. The Morgan fingerprint density at radius 2 is 1.80 bits per heavy atom. The molecule has 1 aliphatic heterocycles. The Kier molecular flexibility index (Phi) is 7.72. The number of hydrogen-bond donors (Lipinski definition) is 2. The van der Waals surface area contributed by atoms with E-state index in [-0.39, 0.29) is 11.7 Å². The average molecular weight is 492 g/mol. The molecule has 1 heterocycles. The number of allylic oxidation sites excluding steroid dienone is 1. The van der Waals surface area contributed by atoms with Gasteiger partial charge in [0, 0.05) is 28.8 Å². The summed E-state index contributed by atoms with van der Waals surface area (Å²) in [6.45, 7) is 1.86. The van der Waals surface area contributed by atoms with Crippen LogP contribution in [-0.2, 0) is 10.5 Å². The zero-order valence-electron chi connectivity index (χ0n) is 19.7. The third-order valence-electron chi connectivity index (χ3n) is 5.52. The van der Waals surface area contributed by atoms with Crippen molar-refractivity contribution in [1.82, 2.24) is 5.32 Å². The van der Waals surface area contributed by atoms with Crippen molar-refractivity contribution in [3.63, 3.8) is 0 Å². The highest BCUT2D eigenvalue weighted by atomic mass is 32.2. The van der Waals surface area contributed by atoms with Crippen molar-refractivity contribution >= 4 is 28.5 Å². The van der Waals surface area contributed by atoms with Crippen LogP contribution in [0, 0.1) is 5.82 Å². The van der Waals surface area contributed by atoms with E-state index in [1.165, 1.54) is 23.9 Å². The normalized spacial score (nSPS) is 15.2. The first-order chi connectivity index (χ1) is 17.0. The number of halogens is 1. The van der Waals surface area contributed by atoms with Gasteiger partial charge in [0.25, 0.3) is 5.91 Å². The predicted molar refractivity (Wildman–Crippen MR) is 138 cm³/mol. The Labute approximate surface area is 208 Å². The van der Waals surface area contributed by atoms with Gasteiger partial charge in [-0.25, -0.2) is 9.38 Å². The maximum Gasteiger partial charge on any atom is 0.255 e. The van der Waals surface area contributed by atoms with Gasteiger partial charge in [-0.05, 0) is 48.9 Å². The molecular formula is C27H26FN3O3S. The molecule has 1 atom stereocenters. The summed E-state index contributed by atoms with van der Waals surface area (Å²) in [5.74, 6) is 1.28. The summed E-state index contributed by atoms with van der Waals surface area (Å²) in [5.41, 5.74) is 3.58. The van der Waals surface area contributed by atoms with Gasteiger partial charge in [0.05, 0.1) is 19.8 Å². The summed E-state index contributed by atoms with van der Waals surface area (Å²) in [4.78, 5) is 18.3. The molecule has 1 aliphatic rings. The molecule has 0 saturated carbocycles. The van der Waals surface area contributed by atoms with E-state index in [4.69, 9.17) is 14.5 Å². The summed E-state index contributed by atoms with van der Waals surface area (Å²) in [6, 6.07) is 20.5. The van der Waals surface area contributed by atoms with Gasteiger partial charge in [-0.1, -0.05) is 42.1 Å². The molecule has 0 fully saturated rings. The maximum absolute atomic E-state index is 13.4. The first-order valence-electron chi connectivity index (χ1n) is 11.0. The third kappa shape index (κ3) is 5.84. The van der Waals surface area contributed by atoms with E-state index in [1.54, 1.807) is 32.4 Å². The van der Waals surface area contributed by atoms with E-state index < -0.39 is 6.04 Å². The van der Waals surface area contributed by atoms with Crippen molar-refractivity contribution in [2.75, 3.05) is 19.5 Å². The van der Waals surface area contributed by atoms with Crippen LogP contribution in [0.4, 0.5) is 10.1 Å². The number of nitrogens with zero attached hydrogens (tertiary/aromatic N) is 1. The largest absolute Gasteiger partial charge is 0.497 e. The van der Waals surface area contributed by atoms with Crippen molar-refractivity contribution in [2.24, 2.45) is 4.99 Å². The Bertz CT molecular complexity index is 1260. The van der Waals surface area contributed by atoms with Gasteiger partial charge in [0.15, 0.2) is 5.17 Å². The van der Waals surface area contributed by atoms with Gasteiger partial charge < -0.3 is 20.1 Å². The lowest BCUT2D eigenvalue weighted by atomic mass is 9.95. The number of ether oxygens (including phenoxy) is 2. The second-order valence-corrected chi connectivity index (χ2v) is 8.81.